The van der Waals surface area contributed by atoms with Gasteiger partial charge in [-0.1, -0.05) is 30.7 Å². The first-order valence-electron chi connectivity index (χ1n) is 12.4. The van der Waals surface area contributed by atoms with Crippen molar-refractivity contribution in [1.29, 1.82) is 10.0 Å². The normalized spacial score (nSPS) is 33.0. The van der Waals surface area contributed by atoms with Gasteiger partial charge in [0, 0.05) is 31.1 Å². The van der Waals surface area contributed by atoms with E-state index in [-0.39, 0.29) is 47.9 Å². The molecular weight excluding hydrogens is 466 g/mol. The van der Waals surface area contributed by atoms with Crippen LogP contribution in [-0.4, -0.2) is 72.2 Å². The van der Waals surface area contributed by atoms with Crippen LogP contribution < -0.4 is 0 Å². The van der Waals surface area contributed by atoms with Gasteiger partial charge in [0.1, 0.15) is 6.04 Å². The lowest BCUT2D eigenvalue weighted by Gasteiger charge is -2.39. The van der Waals surface area contributed by atoms with Gasteiger partial charge in [0.25, 0.3) is 0 Å². The summed E-state index contributed by atoms with van der Waals surface area (Å²) in [5.74, 6) is 0.708. The monoisotopic (exact) mass is 497 g/mol. The minimum atomic E-state index is -2.61. The molecule has 35 heavy (non-hydrogen) atoms. The van der Waals surface area contributed by atoms with Crippen molar-refractivity contribution in [3.8, 4) is 6.07 Å². The second-order valence-corrected chi connectivity index (χ2v) is 11.2. The molecule has 2 bridgehead atoms. The third-order valence-corrected chi connectivity index (χ3v) is 8.43. The van der Waals surface area contributed by atoms with Crippen molar-refractivity contribution < 1.29 is 18.0 Å². The Morgan fingerprint density at radius 3 is 2.69 bits per heavy atom. The van der Waals surface area contributed by atoms with Crippen molar-refractivity contribution in [2.75, 3.05) is 13.1 Å². The highest BCUT2D eigenvalue weighted by Gasteiger charge is 2.56. The smallest absolute Gasteiger partial charge is 0.308 e. The lowest BCUT2D eigenvalue weighted by atomic mass is 10.0. The number of piperidine rings is 1. The highest BCUT2D eigenvalue weighted by Crippen LogP contribution is 2.48. The first-order valence-corrected chi connectivity index (χ1v) is 13.4. The number of carbonyl (C=O) groups excluding carboxylic acids is 2. The fourth-order valence-electron chi connectivity index (χ4n) is 6.89. The molecule has 1 aromatic carbocycles. The van der Waals surface area contributed by atoms with Crippen LogP contribution in [0.2, 0.25) is 0 Å². The molecule has 3 aliphatic heterocycles. The maximum atomic E-state index is 13.4. The van der Waals surface area contributed by atoms with Gasteiger partial charge in [0.2, 0.25) is 11.8 Å². The van der Waals surface area contributed by atoms with Gasteiger partial charge in [-0.05, 0) is 56.1 Å². The van der Waals surface area contributed by atoms with Crippen molar-refractivity contribution in [3.63, 3.8) is 0 Å². The van der Waals surface area contributed by atoms with E-state index in [1.807, 2.05) is 11.8 Å². The second kappa shape index (κ2) is 9.03. The van der Waals surface area contributed by atoms with Crippen LogP contribution in [0.15, 0.2) is 18.2 Å². The summed E-state index contributed by atoms with van der Waals surface area (Å²) in [6, 6.07) is 9.38. The minimum Gasteiger partial charge on any atom is -0.330 e. The summed E-state index contributed by atoms with van der Waals surface area (Å²) in [4.78, 5) is 32.7. The molecule has 7 atom stereocenters. The number of rotatable bonds is 4. The van der Waals surface area contributed by atoms with Gasteiger partial charge in [-0.25, -0.2) is 0 Å². The van der Waals surface area contributed by atoms with Crippen LogP contribution in [0.5, 0.6) is 0 Å². The molecule has 4 fully saturated rings. The number of likely N-dealkylation sites (tertiary alicyclic amines) is 3. The molecule has 3 heterocycles. The maximum absolute atomic E-state index is 13.4. The molecule has 10 heteroatoms. The number of carbonyl (C=O) groups is 2. The zero-order chi connectivity index (χ0) is 25.0. The molecule has 1 N–H and O–H groups in total. The fourth-order valence-corrected chi connectivity index (χ4v) is 6.89. The van der Waals surface area contributed by atoms with Crippen LogP contribution in [0.1, 0.15) is 55.3 Å². The van der Waals surface area contributed by atoms with Gasteiger partial charge in [0.15, 0.2) is 0 Å². The first-order chi connectivity index (χ1) is 16.7. The molecule has 0 aromatic heterocycles. The van der Waals surface area contributed by atoms with Gasteiger partial charge in [-0.15, -0.1) is 0 Å². The highest BCUT2D eigenvalue weighted by atomic mass is 32.2. The summed E-state index contributed by atoms with van der Waals surface area (Å²) in [5.41, 5.74) is 4.01. The number of amides is 2. The number of hydrogen-bond acceptors (Lipinski definition) is 7. The van der Waals surface area contributed by atoms with Gasteiger partial charge in [-0.3, -0.25) is 14.5 Å². The van der Waals surface area contributed by atoms with Gasteiger partial charge >= 0.3 is 10.5 Å². The van der Waals surface area contributed by atoms with Crippen LogP contribution in [0.4, 0.5) is 0 Å². The molecule has 0 spiro atoms. The van der Waals surface area contributed by atoms with E-state index in [4.69, 9.17) is 13.2 Å². The van der Waals surface area contributed by atoms with E-state index < -0.39 is 10.5 Å². The molecule has 0 radical (unpaired) electrons. The number of aryl methyl sites for hydroxylation is 2. The van der Waals surface area contributed by atoms with E-state index in [9.17, 15) is 14.9 Å². The molecule has 186 valence electrons. The van der Waals surface area contributed by atoms with Crippen LogP contribution in [0.25, 0.3) is 0 Å². The molecule has 1 aromatic rings. The van der Waals surface area contributed by atoms with Crippen LogP contribution >= 0.6 is 0 Å². The third kappa shape index (κ3) is 4.25. The highest BCUT2D eigenvalue weighted by molar-refractivity contribution is 7.60. The number of nitrogens with zero attached hydrogens (tertiary/aromatic N) is 4. The molecule has 2 aliphatic carbocycles. The van der Waals surface area contributed by atoms with Crippen LogP contribution in [0.3, 0.4) is 0 Å². The molecule has 1 unspecified atom stereocenters. The van der Waals surface area contributed by atoms with Crippen molar-refractivity contribution in [3.05, 3.63) is 34.9 Å². The third-order valence-electron chi connectivity index (χ3n) is 8.43. The average molecular weight is 498 g/mol. The Hall–Kier alpha value is -2.77. The zero-order valence-corrected chi connectivity index (χ0v) is 20.9. The van der Waals surface area contributed by atoms with Crippen LogP contribution in [0, 0.1) is 34.9 Å². The van der Waals surface area contributed by atoms with Crippen molar-refractivity contribution >= 4 is 22.3 Å². The van der Waals surface area contributed by atoms with E-state index in [0.29, 0.717) is 12.5 Å². The summed E-state index contributed by atoms with van der Waals surface area (Å²) >= 11 is 0. The SMILES string of the molecule is Cc1ccc2c(c1)CC[C@H]2N1C(=O)[C@@H]2C[C@H]1CN2C[C@H](C)C(=O)N1C2C[C@H]2C[C@H]1C#N.N=S(=O)=O. The Kier molecular flexibility index (Phi) is 6.18. The van der Waals surface area contributed by atoms with Crippen LogP contribution in [-0.2, 0) is 26.5 Å². The topological polar surface area (TPSA) is 126 Å². The molecular formula is C25H31N5O4S. The Bertz CT molecular complexity index is 1200. The van der Waals surface area contributed by atoms with Crippen molar-refractivity contribution in [1.82, 2.24) is 14.7 Å². The standard InChI is InChI=1S/C25H30N4O2.HNO2S/c1-14-3-5-20-16(7-14)4-6-21(20)29-19-10-23(25(29)31)27(13-19)12-15(2)24(30)28-18(11-26)8-17-9-22(17)28;1-4(2)3/h3,5,7,15,17-19,21-23H,4,6,8-10,12-13H2,1-2H3;1H/t15-,17+,18-,19-,21+,22?,23-;/m0./s1. The van der Waals surface area contributed by atoms with E-state index >= 15 is 0 Å². The molecule has 1 saturated carbocycles. The fraction of sp³-hybridized carbons (Fsp3) is 0.640. The number of hydrogen-bond donors (Lipinski definition) is 1. The number of benzene rings is 1. The first kappa shape index (κ1) is 23.9. The predicted molar refractivity (Wildman–Crippen MR) is 126 cm³/mol. The maximum Gasteiger partial charge on any atom is 0.308 e. The summed E-state index contributed by atoms with van der Waals surface area (Å²) < 4.78 is 22.8. The molecule has 9 nitrogen and oxygen atoms in total. The molecule has 2 amide bonds. The van der Waals surface area contributed by atoms with E-state index in [2.05, 4.69) is 41.0 Å². The number of fused-ring (bicyclic) bond motifs is 4. The number of piperazine rings is 1. The van der Waals surface area contributed by atoms with Gasteiger partial charge in [0.05, 0.1) is 18.2 Å². The van der Waals surface area contributed by atoms with E-state index in [1.165, 1.54) is 16.7 Å². The minimum absolute atomic E-state index is 0.0891. The predicted octanol–water partition coefficient (Wildman–Crippen LogP) is 2.04. The summed E-state index contributed by atoms with van der Waals surface area (Å²) in [5, 5.41) is 9.42. The lowest BCUT2D eigenvalue weighted by Crippen LogP contribution is -2.53. The quantitative estimate of drug-likeness (QED) is 0.679. The van der Waals surface area contributed by atoms with Gasteiger partial charge < -0.3 is 9.80 Å². The van der Waals surface area contributed by atoms with Crippen molar-refractivity contribution in [2.24, 2.45) is 11.8 Å². The number of nitrogens with one attached hydrogen (secondary N) is 1. The Labute approximate surface area is 207 Å². The van der Waals surface area contributed by atoms with E-state index in [0.717, 1.165) is 38.6 Å². The Balaban J connectivity index is 0.000000591. The summed E-state index contributed by atoms with van der Waals surface area (Å²) in [6.45, 7) is 5.57. The zero-order valence-electron chi connectivity index (χ0n) is 20.1. The Morgan fingerprint density at radius 1 is 1.26 bits per heavy atom. The largest absolute Gasteiger partial charge is 0.330 e. The molecule has 6 rings (SSSR count). The van der Waals surface area contributed by atoms with Crippen molar-refractivity contribution in [2.45, 2.75) is 76.2 Å². The van der Waals surface area contributed by atoms with E-state index in [1.54, 1.807) is 0 Å². The lowest BCUT2D eigenvalue weighted by molar-refractivity contribution is -0.142. The number of nitriles is 1. The van der Waals surface area contributed by atoms with Gasteiger partial charge in [-0.2, -0.15) is 18.5 Å². The summed E-state index contributed by atoms with van der Waals surface area (Å²) in [7, 11) is -2.61. The second-order valence-electron chi connectivity index (χ2n) is 10.7. The molecule has 3 saturated heterocycles. The average Bonchev–Trinajstić information content (AvgIpc) is 3.14. The Morgan fingerprint density at radius 2 is 2.00 bits per heavy atom. The summed E-state index contributed by atoms with van der Waals surface area (Å²) in [6.07, 6.45) is 4.85. The molecule has 5 aliphatic rings.